The molecule has 1 unspecified atom stereocenters. The second-order valence-corrected chi connectivity index (χ2v) is 2.98. The van der Waals surface area contributed by atoms with Crippen molar-refractivity contribution in [3.8, 4) is 0 Å². The van der Waals surface area contributed by atoms with Crippen molar-refractivity contribution in [3.05, 3.63) is 0 Å². The van der Waals surface area contributed by atoms with Crippen LogP contribution in [-0.4, -0.2) is 17.9 Å². The SMILES string of the molecule is CCC1(C)CC(=O)CN1. The topological polar surface area (TPSA) is 29.1 Å². The maximum atomic E-state index is 10.8. The Bertz CT molecular complexity index is 133. The average Bonchev–Trinajstić information content (AvgIpc) is 2.13. The third kappa shape index (κ3) is 1.30. The van der Waals surface area contributed by atoms with Gasteiger partial charge in [0.15, 0.2) is 0 Å². The molecular formula is C7H13NO. The average molecular weight is 127 g/mol. The Balaban J connectivity index is 2.54. The van der Waals surface area contributed by atoms with Gasteiger partial charge in [-0.3, -0.25) is 4.79 Å². The standard InChI is InChI=1S/C7H13NO/c1-3-7(2)4-6(9)5-8-7/h8H,3-5H2,1-2H3. The van der Waals surface area contributed by atoms with E-state index >= 15 is 0 Å². The van der Waals surface area contributed by atoms with Crippen LogP contribution in [0.3, 0.4) is 0 Å². The second-order valence-electron chi connectivity index (χ2n) is 2.98. The van der Waals surface area contributed by atoms with Crippen LogP contribution < -0.4 is 5.32 Å². The summed E-state index contributed by atoms with van der Waals surface area (Å²) in [6, 6.07) is 0. The first kappa shape index (κ1) is 6.75. The van der Waals surface area contributed by atoms with Gasteiger partial charge in [-0.1, -0.05) is 6.92 Å². The molecule has 1 aliphatic heterocycles. The Hall–Kier alpha value is -0.370. The van der Waals surface area contributed by atoms with Crippen molar-refractivity contribution in [3.63, 3.8) is 0 Å². The zero-order valence-corrected chi connectivity index (χ0v) is 6.03. The monoisotopic (exact) mass is 127 g/mol. The molecule has 1 aliphatic rings. The van der Waals surface area contributed by atoms with Gasteiger partial charge in [0, 0.05) is 12.0 Å². The minimum absolute atomic E-state index is 0.108. The zero-order valence-electron chi connectivity index (χ0n) is 6.03. The summed E-state index contributed by atoms with van der Waals surface area (Å²) in [7, 11) is 0. The molecule has 2 nitrogen and oxygen atoms in total. The fourth-order valence-corrected chi connectivity index (χ4v) is 1.12. The van der Waals surface area contributed by atoms with E-state index in [9.17, 15) is 4.79 Å². The molecule has 0 amide bonds. The summed E-state index contributed by atoms with van der Waals surface area (Å²) in [6.07, 6.45) is 1.75. The number of hydrogen-bond donors (Lipinski definition) is 1. The number of ketones is 1. The molecule has 1 heterocycles. The molecule has 52 valence electrons. The van der Waals surface area contributed by atoms with E-state index in [1.807, 2.05) is 0 Å². The van der Waals surface area contributed by atoms with Crippen molar-refractivity contribution < 1.29 is 4.79 Å². The Morgan fingerprint density at radius 1 is 1.78 bits per heavy atom. The lowest BCUT2D eigenvalue weighted by molar-refractivity contribution is -0.116. The molecule has 2 heteroatoms. The Morgan fingerprint density at radius 2 is 2.44 bits per heavy atom. The molecule has 0 aromatic rings. The highest BCUT2D eigenvalue weighted by atomic mass is 16.1. The van der Waals surface area contributed by atoms with Crippen molar-refractivity contribution in [1.29, 1.82) is 0 Å². The van der Waals surface area contributed by atoms with Gasteiger partial charge >= 0.3 is 0 Å². The molecule has 0 aromatic carbocycles. The highest BCUT2D eigenvalue weighted by Crippen LogP contribution is 2.18. The van der Waals surface area contributed by atoms with Crippen LogP contribution in [-0.2, 0) is 4.79 Å². The van der Waals surface area contributed by atoms with E-state index < -0.39 is 0 Å². The van der Waals surface area contributed by atoms with E-state index in [4.69, 9.17) is 0 Å². The Morgan fingerprint density at radius 3 is 2.67 bits per heavy atom. The minimum Gasteiger partial charge on any atom is -0.304 e. The lowest BCUT2D eigenvalue weighted by Gasteiger charge is -2.19. The van der Waals surface area contributed by atoms with Gasteiger partial charge in [-0.15, -0.1) is 0 Å². The van der Waals surface area contributed by atoms with Gasteiger partial charge < -0.3 is 5.32 Å². The summed E-state index contributed by atoms with van der Waals surface area (Å²) in [5.41, 5.74) is 0.108. The molecule has 1 saturated heterocycles. The molecule has 0 saturated carbocycles. The van der Waals surface area contributed by atoms with Gasteiger partial charge in [-0.2, -0.15) is 0 Å². The number of Topliss-reactive ketones (excluding diaryl/α,β-unsaturated/α-hetero) is 1. The van der Waals surface area contributed by atoms with Crippen molar-refractivity contribution in [2.45, 2.75) is 32.2 Å². The molecule has 0 bridgehead atoms. The fourth-order valence-electron chi connectivity index (χ4n) is 1.12. The maximum absolute atomic E-state index is 10.8. The fraction of sp³-hybridized carbons (Fsp3) is 0.857. The summed E-state index contributed by atoms with van der Waals surface area (Å²) in [4.78, 5) is 10.8. The number of carbonyl (C=O) groups excluding carboxylic acids is 1. The van der Waals surface area contributed by atoms with Crippen molar-refractivity contribution in [2.24, 2.45) is 0 Å². The molecule has 1 N–H and O–H groups in total. The third-order valence-electron chi connectivity index (χ3n) is 2.08. The van der Waals surface area contributed by atoms with E-state index in [0.29, 0.717) is 18.7 Å². The van der Waals surface area contributed by atoms with Crippen LogP contribution in [0.2, 0.25) is 0 Å². The van der Waals surface area contributed by atoms with E-state index in [0.717, 1.165) is 6.42 Å². The largest absolute Gasteiger partial charge is 0.304 e. The zero-order chi connectivity index (χ0) is 6.91. The predicted octanol–water partition coefficient (Wildman–Crippen LogP) is 0.718. The van der Waals surface area contributed by atoms with E-state index in [-0.39, 0.29) is 5.54 Å². The van der Waals surface area contributed by atoms with Crippen LogP contribution >= 0.6 is 0 Å². The first-order valence-corrected chi connectivity index (χ1v) is 3.43. The predicted molar refractivity (Wildman–Crippen MR) is 36.3 cm³/mol. The van der Waals surface area contributed by atoms with Crippen LogP contribution in [0.1, 0.15) is 26.7 Å². The lowest BCUT2D eigenvalue weighted by Crippen LogP contribution is -2.34. The first-order chi connectivity index (χ1) is 4.16. The molecule has 1 atom stereocenters. The van der Waals surface area contributed by atoms with Crippen LogP contribution in [0.4, 0.5) is 0 Å². The highest BCUT2D eigenvalue weighted by Gasteiger charge is 2.30. The summed E-state index contributed by atoms with van der Waals surface area (Å²) in [5, 5.41) is 3.18. The number of carbonyl (C=O) groups is 1. The molecule has 1 fully saturated rings. The van der Waals surface area contributed by atoms with Crippen LogP contribution in [0.15, 0.2) is 0 Å². The number of nitrogens with one attached hydrogen (secondary N) is 1. The third-order valence-corrected chi connectivity index (χ3v) is 2.08. The van der Waals surface area contributed by atoms with E-state index in [1.165, 1.54) is 0 Å². The molecule has 1 rings (SSSR count). The van der Waals surface area contributed by atoms with Gasteiger partial charge in [0.2, 0.25) is 0 Å². The maximum Gasteiger partial charge on any atom is 0.148 e. The van der Waals surface area contributed by atoms with Gasteiger partial charge in [-0.25, -0.2) is 0 Å². The molecule has 9 heavy (non-hydrogen) atoms. The summed E-state index contributed by atoms with van der Waals surface area (Å²) < 4.78 is 0. The van der Waals surface area contributed by atoms with Crippen molar-refractivity contribution in [2.75, 3.05) is 6.54 Å². The van der Waals surface area contributed by atoms with Crippen LogP contribution in [0, 0.1) is 0 Å². The molecular weight excluding hydrogens is 114 g/mol. The van der Waals surface area contributed by atoms with Gasteiger partial charge in [0.05, 0.1) is 6.54 Å². The summed E-state index contributed by atoms with van der Waals surface area (Å²) in [5.74, 6) is 0.347. The van der Waals surface area contributed by atoms with Crippen molar-refractivity contribution in [1.82, 2.24) is 5.32 Å². The summed E-state index contributed by atoms with van der Waals surface area (Å²) >= 11 is 0. The van der Waals surface area contributed by atoms with Gasteiger partial charge in [0.1, 0.15) is 5.78 Å². The van der Waals surface area contributed by atoms with Crippen molar-refractivity contribution >= 4 is 5.78 Å². The highest BCUT2D eigenvalue weighted by molar-refractivity contribution is 5.84. The van der Waals surface area contributed by atoms with Gasteiger partial charge in [-0.05, 0) is 13.3 Å². The number of hydrogen-bond acceptors (Lipinski definition) is 2. The minimum atomic E-state index is 0.108. The van der Waals surface area contributed by atoms with Crippen LogP contribution in [0.5, 0.6) is 0 Å². The smallest absolute Gasteiger partial charge is 0.148 e. The van der Waals surface area contributed by atoms with E-state index in [1.54, 1.807) is 0 Å². The number of rotatable bonds is 1. The Labute approximate surface area is 55.6 Å². The van der Waals surface area contributed by atoms with Crippen LogP contribution in [0.25, 0.3) is 0 Å². The Kier molecular flexibility index (Phi) is 1.58. The molecule has 0 radical (unpaired) electrons. The quantitative estimate of drug-likeness (QED) is 0.562. The molecule has 0 spiro atoms. The lowest BCUT2D eigenvalue weighted by atomic mass is 9.97. The van der Waals surface area contributed by atoms with E-state index in [2.05, 4.69) is 19.2 Å². The first-order valence-electron chi connectivity index (χ1n) is 3.43. The molecule has 0 aromatic heterocycles. The molecule has 0 aliphatic carbocycles. The summed E-state index contributed by atoms with van der Waals surface area (Å²) in [6.45, 7) is 4.77. The normalized spacial score (nSPS) is 35.6. The second kappa shape index (κ2) is 2.10. The van der Waals surface area contributed by atoms with Gasteiger partial charge in [0.25, 0.3) is 0 Å².